The monoisotopic (exact) mass is 193 g/mol. The van der Waals surface area contributed by atoms with Gasteiger partial charge in [0.2, 0.25) is 0 Å². The van der Waals surface area contributed by atoms with Crippen LogP contribution in [0.5, 0.6) is 0 Å². The molecule has 4 heteroatoms. The highest BCUT2D eigenvalue weighted by Gasteiger charge is 2.22. The largest absolute Gasteiger partial charge is 0.394 e. The van der Waals surface area contributed by atoms with E-state index < -0.39 is 0 Å². The lowest BCUT2D eigenvalue weighted by molar-refractivity contribution is 0.239. The van der Waals surface area contributed by atoms with E-state index >= 15 is 0 Å². The number of anilines is 1. The number of aliphatic hydroxyl groups is 1. The van der Waals surface area contributed by atoms with Gasteiger partial charge in [0.05, 0.1) is 12.6 Å². The molecule has 0 aliphatic carbocycles. The summed E-state index contributed by atoms with van der Waals surface area (Å²) in [6.07, 6.45) is 5.09. The number of aliphatic hydroxyl groups excluding tert-OH is 1. The standard InChI is InChI=1S/C10H15N3O/c14-8-9-4-1-2-7-13(9)10-5-3-6-11-12-10/h3,5-6,9,14H,1-2,4,7-8H2. The van der Waals surface area contributed by atoms with Crippen molar-refractivity contribution in [2.24, 2.45) is 0 Å². The van der Waals surface area contributed by atoms with Gasteiger partial charge in [-0.15, -0.1) is 5.10 Å². The molecule has 1 atom stereocenters. The predicted octanol–water partition coefficient (Wildman–Crippen LogP) is 0.828. The summed E-state index contributed by atoms with van der Waals surface area (Å²) in [5, 5.41) is 17.2. The second kappa shape index (κ2) is 4.37. The minimum atomic E-state index is 0.205. The highest BCUT2D eigenvalue weighted by atomic mass is 16.3. The molecule has 14 heavy (non-hydrogen) atoms. The summed E-state index contributed by atoms with van der Waals surface area (Å²) in [6, 6.07) is 4.05. The summed E-state index contributed by atoms with van der Waals surface area (Å²) in [5.74, 6) is 0.881. The molecular formula is C10H15N3O. The molecule has 0 saturated carbocycles. The molecule has 1 saturated heterocycles. The van der Waals surface area contributed by atoms with Gasteiger partial charge in [-0.3, -0.25) is 0 Å². The Hall–Kier alpha value is -1.16. The van der Waals surface area contributed by atoms with E-state index in [1.165, 1.54) is 12.8 Å². The molecule has 1 aliphatic rings. The van der Waals surface area contributed by atoms with Crippen LogP contribution < -0.4 is 4.90 Å². The first-order valence-electron chi connectivity index (χ1n) is 5.07. The normalized spacial score (nSPS) is 22.4. The molecule has 0 amide bonds. The summed E-state index contributed by atoms with van der Waals surface area (Å²) in [7, 11) is 0. The third-order valence-corrected chi connectivity index (χ3v) is 2.69. The summed E-state index contributed by atoms with van der Waals surface area (Å²) < 4.78 is 0. The molecule has 4 nitrogen and oxygen atoms in total. The van der Waals surface area contributed by atoms with Crippen LogP contribution in [0.4, 0.5) is 5.82 Å². The molecule has 0 radical (unpaired) electrons. The molecule has 2 heterocycles. The van der Waals surface area contributed by atoms with Crippen molar-refractivity contribution >= 4 is 5.82 Å². The lowest BCUT2D eigenvalue weighted by Crippen LogP contribution is -2.42. The van der Waals surface area contributed by atoms with E-state index in [0.717, 1.165) is 18.8 Å². The van der Waals surface area contributed by atoms with Gasteiger partial charge >= 0.3 is 0 Å². The lowest BCUT2D eigenvalue weighted by atomic mass is 10.0. The highest BCUT2D eigenvalue weighted by Crippen LogP contribution is 2.21. The third kappa shape index (κ3) is 1.85. The topological polar surface area (TPSA) is 49.2 Å². The fraction of sp³-hybridized carbons (Fsp3) is 0.600. The first-order chi connectivity index (χ1) is 6.92. The molecule has 0 spiro atoms. The maximum absolute atomic E-state index is 9.23. The van der Waals surface area contributed by atoms with Gasteiger partial charge in [0, 0.05) is 12.7 Å². The van der Waals surface area contributed by atoms with Gasteiger partial charge in [-0.25, -0.2) is 0 Å². The van der Waals surface area contributed by atoms with E-state index in [-0.39, 0.29) is 12.6 Å². The van der Waals surface area contributed by atoms with Crippen molar-refractivity contribution < 1.29 is 5.11 Å². The second-order valence-corrected chi connectivity index (χ2v) is 3.61. The van der Waals surface area contributed by atoms with Crippen LogP contribution in [-0.2, 0) is 0 Å². The molecule has 2 rings (SSSR count). The Morgan fingerprint density at radius 3 is 3.14 bits per heavy atom. The lowest BCUT2D eigenvalue weighted by Gasteiger charge is -2.35. The Bertz CT molecular complexity index is 278. The minimum Gasteiger partial charge on any atom is -0.394 e. The zero-order chi connectivity index (χ0) is 9.80. The summed E-state index contributed by atoms with van der Waals surface area (Å²) in [4.78, 5) is 2.15. The quantitative estimate of drug-likeness (QED) is 0.755. The number of rotatable bonds is 2. The van der Waals surface area contributed by atoms with Crippen LogP contribution in [0.3, 0.4) is 0 Å². The summed E-state index contributed by atoms with van der Waals surface area (Å²) in [6.45, 7) is 1.18. The molecule has 1 aromatic heterocycles. The van der Waals surface area contributed by atoms with Gasteiger partial charge in [-0.05, 0) is 31.4 Å². The van der Waals surface area contributed by atoms with Crippen LogP contribution >= 0.6 is 0 Å². The minimum absolute atomic E-state index is 0.205. The van der Waals surface area contributed by atoms with E-state index in [4.69, 9.17) is 0 Å². The van der Waals surface area contributed by atoms with Crippen LogP contribution in [0.25, 0.3) is 0 Å². The van der Waals surface area contributed by atoms with E-state index in [0.29, 0.717) is 0 Å². The Labute approximate surface area is 83.6 Å². The number of piperidine rings is 1. The van der Waals surface area contributed by atoms with Crippen molar-refractivity contribution in [2.45, 2.75) is 25.3 Å². The molecule has 1 N–H and O–H groups in total. The van der Waals surface area contributed by atoms with Gasteiger partial charge in [0.25, 0.3) is 0 Å². The molecule has 1 aliphatic heterocycles. The number of hydrogen-bond acceptors (Lipinski definition) is 4. The first-order valence-corrected chi connectivity index (χ1v) is 5.07. The first kappa shape index (κ1) is 9.40. The van der Waals surface area contributed by atoms with E-state index in [9.17, 15) is 5.11 Å². The van der Waals surface area contributed by atoms with Gasteiger partial charge in [0.1, 0.15) is 0 Å². The van der Waals surface area contributed by atoms with Gasteiger partial charge in [-0.1, -0.05) is 0 Å². The Morgan fingerprint density at radius 1 is 1.50 bits per heavy atom. The van der Waals surface area contributed by atoms with Crippen LogP contribution in [0.1, 0.15) is 19.3 Å². The molecule has 1 fully saturated rings. The Morgan fingerprint density at radius 2 is 2.43 bits per heavy atom. The van der Waals surface area contributed by atoms with Crippen molar-refractivity contribution in [3.05, 3.63) is 18.3 Å². The molecule has 0 aromatic carbocycles. The zero-order valence-electron chi connectivity index (χ0n) is 8.13. The number of aromatic nitrogens is 2. The number of nitrogens with zero attached hydrogens (tertiary/aromatic N) is 3. The Kier molecular flexibility index (Phi) is 2.93. The maximum Gasteiger partial charge on any atom is 0.151 e. The molecule has 1 unspecified atom stereocenters. The average Bonchev–Trinajstić information content (AvgIpc) is 2.30. The molecule has 76 valence electrons. The van der Waals surface area contributed by atoms with Crippen molar-refractivity contribution in [1.29, 1.82) is 0 Å². The van der Waals surface area contributed by atoms with E-state index in [2.05, 4.69) is 15.1 Å². The molecule has 0 bridgehead atoms. The second-order valence-electron chi connectivity index (χ2n) is 3.61. The fourth-order valence-electron chi connectivity index (χ4n) is 1.94. The van der Waals surface area contributed by atoms with Crippen molar-refractivity contribution in [2.75, 3.05) is 18.1 Å². The van der Waals surface area contributed by atoms with Crippen LogP contribution in [0.15, 0.2) is 18.3 Å². The maximum atomic E-state index is 9.23. The summed E-state index contributed by atoms with van der Waals surface area (Å²) >= 11 is 0. The van der Waals surface area contributed by atoms with E-state index in [1.807, 2.05) is 12.1 Å². The SMILES string of the molecule is OCC1CCCCN1c1cccnn1. The Balaban J connectivity index is 2.15. The summed E-state index contributed by atoms with van der Waals surface area (Å²) in [5.41, 5.74) is 0. The highest BCUT2D eigenvalue weighted by molar-refractivity contribution is 5.38. The van der Waals surface area contributed by atoms with Crippen LogP contribution in [-0.4, -0.2) is 34.5 Å². The average molecular weight is 193 g/mol. The predicted molar refractivity (Wildman–Crippen MR) is 54.1 cm³/mol. The zero-order valence-corrected chi connectivity index (χ0v) is 8.13. The third-order valence-electron chi connectivity index (χ3n) is 2.69. The van der Waals surface area contributed by atoms with Gasteiger partial charge < -0.3 is 10.0 Å². The van der Waals surface area contributed by atoms with Crippen molar-refractivity contribution in [3.63, 3.8) is 0 Å². The van der Waals surface area contributed by atoms with Crippen molar-refractivity contribution in [3.8, 4) is 0 Å². The van der Waals surface area contributed by atoms with Gasteiger partial charge in [0.15, 0.2) is 5.82 Å². The number of hydrogen-bond donors (Lipinski definition) is 1. The van der Waals surface area contributed by atoms with E-state index in [1.54, 1.807) is 6.20 Å². The fourth-order valence-corrected chi connectivity index (χ4v) is 1.94. The molecular weight excluding hydrogens is 178 g/mol. The van der Waals surface area contributed by atoms with Crippen LogP contribution in [0.2, 0.25) is 0 Å². The molecule has 1 aromatic rings. The van der Waals surface area contributed by atoms with Gasteiger partial charge in [-0.2, -0.15) is 5.10 Å². The van der Waals surface area contributed by atoms with Crippen LogP contribution in [0, 0.1) is 0 Å². The smallest absolute Gasteiger partial charge is 0.151 e. The van der Waals surface area contributed by atoms with Crippen molar-refractivity contribution in [1.82, 2.24) is 10.2 Å².